The van der Waals surface area contributed by atoms with Crippen LogP contribution in [0.25, 0.3) is 0 Å². The Balaban J connectivity index is -0.000000149. The number of para-hydroxylation sites is 1. The summed E-state index contributed by atoms with van der Waals surface area (Å²) in [6.45, 7) is 0. The van der Waals surface area contributed by atoms with Crippen LogP contribution in [-0.2, 0) is 0 Å². The Morgan fingerprint density at radius 2 is 1.27 bits per heavy atom. The molecule has 0 fully saturated rings. The molecule has 0 aliphatic heterocycles. The molecule has 1 aromatic carbocycles. The molecule has 5 heteroatoms. The zero-order valence-electron chi connectivity index (χ0n) is 6.58. The Bertz CT molecular complexity index is 149. The third kappa shape index (κ3) is 11.3. The molecule has 0 saturated heterocycles. The van der Waals surface area contributed by atoms with E-state index >= 15 is 0 Å². The summed E-state index contributed by atoms with van der Waals surface area (Å²) < 4.78 is 7.72. The molecule has 1 rings (SSSR count). The van der Waals surface area contributed by atoms with Gasteiger partial charge in [0.1, 0.15) is 0 Å². The topological polar surface area (TPSA) is 46.1 Å². The summed E-state index contributed by atoms with van der Waals surface area (Å²) in [4.78, 5) is 0. The van der Waals surface area contributed by atoms with Gasteiger partial charge in [-0.3, -0.25) is 0 Å². The van der Waals surface area contributed by atoms with E-state index in [-0.39, 0.29) is 64.9 Å². The minimum atomic E-state index is 0. The summed E-state index contributed by atoms with van der Waals surface area (Å²) in [5, 5.41) is 10.3. The molecule has 0 aliphatic rings. The van der Waals surface area contributed by atoms with Crippen LogP contribution in [-0.4, -0.2) is 0 Å². The van der Waals surface area contributed by atoms with Gasteiger partial charge in [-0.25, -0.2) is 11.9 Å². The van der Waals surface area contributed by atoms with E-state index in [1.165, 1.54) is 12.1 Å². The minimum Gasteiger partial charge on any atom is -0.872 e. The van der Waals surface area contributed by atoms with E-state index in [0.717, 1.165) is 0 Å². The SMILES string of the molecule is [Na+].[Na+].[O-]Cl.[O-]c1ccccc1. The van der Waals surface area contributed by atoms with Gasteiger partial charge in [-0.15, -0.1) is 5.75 Å². The van der Waals surface area contributed by atoms with Gasteiger partial charge < -0.3 is 9.77 Å². The van der Waals surface area contributed by atoms with Crippen molar-refractivity contribution >= 4 is 11.9 Å². The van der Waals surface area contributed by atoms with Crippen molar-refractivity contribution < 1.29 is 68.9 Å². The zero-order valence-corrected chi connectivity index (χ0v) is 11.3. The van der Waals surface area contributed by atoms with Gasteiger partial charge >= 0.3 is 59.1 Å². The van der Waals surface area contributed by atoms with Crippen LogP contribution in [0, 0.1) is 0 Å². The number of benzene rings is 1. The average molecular weight is 191 g/mol. The van der Waals surface area contributed by atoms with Crippen molar-refractivity contribution in [3.05, 3.63) is 30.3 Å². The Hall–Kier alpha value is 1.27. The van der Waals surface area contributed by atoms with Crippen LogP contribution in [0.15, 0.2) is 30.3 Å². The van der Waals surface area contributed by atoms with Crippen LogP contribution >= 0.6 is 11.9 Å². The van der Waals surface area contributed by atoms with Gasteiger partial charge in [0.25, 0.3) is 0 Å². The largest absolute Gasteiger partial charge is 1.00 e. The molecule has 0 spiro atoms. The number of rotatable bonds is 0. The Morgan fingerprint density at radius 3 is 1.45 bits per heavy atom. The summed E-state index contributed by atoms with van der Waals surface area (Å²) in [6, 6.07) is 8.33. The van der Waals surface area contributed by atoms with E-state index in [1.807, 2.05) is 6.07 Å². The Kier molecular flexibility index (Phi) is 22.8. The summed E-state index contributed by atoms with van der Waals surface area (Å²) in [5.41, 5.74) is 0. The second-order valence-corrected chi connectivity index (χ2v) is 1.31. The van der Waals surface area contributed by atoms with E-state index in [9.17, 15) is 5.11 Å². The molecule has 0 heterocycles. The summed E-state index contributed by atoms with van der Waals surface area (Å²) in [6.07, 6.45) is 0. The predicted octanol–water partition coefficient (Wildman–Crippen LogP) is -5.73. The second-order valence-electron chi connectivity index (χ2n) is 1.31. The maximum absolute atomic E-state index is 10.3. The minimum absolute atomic E-state index is 0. The predicted molar refractivity (Wildman–Crippen MR) is 31.7 cm³/mol. The third-order valence-electron chi connectivity index (χ3n) is 0.743. The second kappa shape index (κ2) is 13.8. The van der Waals surface area contributed by atoms with Gasteiger partial charge in [0.05, 0.1) is 0 Å². The molecule has 0 radical (unpaired) electrons. The van der Waals surface area contributed by atoms with Gasteiger partial charge in [0.2, 0.25) is 0 Å². The monoisotopic (exact) mass is 190 g/mol. The van der Waals surface area contributed by atoms with Crippen molar-refractivity contribution in [2.24, 2.45) is 0 Å². The van der Waals surface area contributed by atoms with Crippen LogP contribution in [0.4, 0.5) is 0 Å². The van der Waals surface area contributed by atoms with Gasteiger partial charge in [0, 0.05) is 0 Å². The first-order chi connectivity index (χ1) is 4.39. The van der Waals surface area contributed by atoms with E-state index in [2.05, 4.69) is 11.9 Å². The maximum atomic E-state index is 10.3. The van der Waals surface area contributed by atoms with Crippen LogP contribution < -0.4 is 68.9 Å². The summed E-state index contributed by atoms with van der Waals surface area (Å²) >= 11 is 3.39. The fraction of sp³-hybridized carbons (Fsp3) is 0. The number of halogens is 1. The molecule has 0 atom stereocenters. The molecule has 0 aliphatic carbocycles. The van der Waals surface area contributed by atoms with Gasteiger partial charge in [-0.05, 0) is 0 Å². The summed E-state index contributed by atoms with van der Waals surface area (Å²) in [5.74, 6) is 0.0718. The van der Waals surface area contributed by atoms with Crippen LogP contribution in [0.2, 0.25) is 0 Å². The first kappa shape index (κ1) is 18.1. The van der Waals surface area contributed by atoms with Crippen molar-refractivity contribution in [1.82, 2.24) is 0 Å². The third-order valence-corrected chi connectivity index (χ3v) is 0.743. The van der Waals surface area contributed by atoms with Crippen molar-refractivity contribution in [1.29, 1.82) is 0 Å². The first-order valence-electron chi connectivity index (χ1n) is 2.27. The van der Waals surface area contributed by atoms with Crippen LogP contribution in [0.1, 0.15) is 0 Å². The van der Waals surface area contributed by atoms with Gasteiger partial charge in [-0.2, -0.15) is 0 Å². The fourth-order valence-electron chi connectivity index (χ4n) is 0.420. The van der Waals surface area contributed by atoms with E-state index in [4.69, 9.17) is 4.66 Å². The van der Waals surface area contributed by atoms with Crippen molar-refractivity contribution in [3.63, 3.8) is 0 Å². The molecule has 11 heavy (non-hydrogen) atoms. The smallest absolute Gasteiger partial charge is 0.872 e. The van der Waals surface area contributed by atoms with Crippen molar-refractivity contribution in [2.45, 2.75) is 0 Å². The quantitative estimate of drug-likeness (QED) is 0.383. The molecule has 50 valence electrons. The first-order valence-corrected chi connectivity index (χ1v) is 2.58. The molecule has 2 nitrogen and oxygen atoms in total. The zero-order chi connectivity index (χ0) is 7.11. The van der Waals surface area contributed by atoms with Gasteiger partial charge in [0.15, 0.2) is 0 Å². The summed E-state index contributed by atoms with van der Waals surface area (Å²) in [7, 11) is 0. The molecule has 0 saturated carbocycles. The van der Waals surface area contributed by atoms with Crippen LogP contribution in [0.5, 0.6) is 5.75 Å². The molecule has 1 aromatic rings. The van der Waals surface area contributed by atoms with Crippen molar-refractivity contribution in [2.75, 3.05) is 0 Å². The maximum Gasteiger partial charge on any atom is 1.00 e. The van der Waals surface area contributed by atoms with Crippen molar-refractivity contribution in [3.8, 4) is 5.75 Å². The molecule has 0 unspecified atom stereocenters. The average Bonchev–Trinajstić information content (AvgIpc) is 1.94. The molecular formula is C6H5ClNa2O2. The fourth-order valence-corrected chi connectivity index (χ4v) is 0.420. The molecule has 0 bridgehead atoms. The number of hydrogen-bond acceptors (Lipinski definition) is 2. The Labute approximate surface area is 115 Å². The Morgan fingerprint density at radius 1 is 0.909 bits per heavy atom. The van der Waals surface area contributed by atoms with Crippen LogP contribution in [0.3, 0.4) is 0 Å². The number of hydrogen-bond donors (Lipinski definition) is 0. The molecule has 0 amide bonds. The standard InChI is InChI=1S/C6H6O.ClO.2Na/c7-6-4-2-1-3-5-6;1-2;;/h1-5,7H;;;/q;-1;2*+1/p-1. The van der Waals surface area contributed by atoms with E-state index < -0.39 is 0 Å². The molecular weight excluding hydrogens is 185 g/mol. The van der Waals surface area contributed by atoms with Gasteiger partial charge in [-0.1, -0.05) is 30.3 Å². The molecule has 0 aromatic heterocycles. The molecule has 0 N–H and O–H groups in total. The van der Waals surface area contributed by atoms with E-state index in [0.29, 0.717) is 0 Å². The normalized spacial score (nSPS) is 6.00. The van der Waals surface area contributed by atoms with E-state index in [1.54, 1.807) is 12.1 Å².